The molecule has 1 heterocycles. The first-order valence-corrected chi connectivity index (χ1v) is 8.02. The number of amides is 1. The fraction of sp³-hybridized carbons (Fsp3) is 0.211. The summed E-state index contributed by atoms with van der Waals surface area (Å²) in [5.74, 6) is 1.49. The van der Waals surface area contributed by atoms with E-state index in [-0.39, 0.29) is 12.5 Å². The van der Waals surface area contributed by atoms with Crippen LogP contribution in [-0.2, 0) is 4.79 Å². The van der Waals surface area contributed by atoms with Gasteiger partial charge in [0.25, 0.3) is 5.91 Å². The van der Waals surface area contributed by atoms with Crippen LogP contribution in [0.1, 0.15) is 18.1 Å². The summed E-state index contributed by atoms with van der Waals surface area (Å²) in [4.78, 5) is 11.9. The van der Waals surface area contributed by atoms with Gasteiger partial charge in [-0.15, -0.1) is 0 Å². The highest BCUT2D eigenvalue weighted by Gasteiger charge is 2.12. The molecule has 0 bridgehead atoms. The van der Waals surface area contributed by atoms with Crippen LogP contribution in [0.25, 0.3) is 0 Å². The Bertz CT molecular complexity index is 869. The Balaban J connectivity index is 1.54. The van der Waals surface area contributed by atoms with Gasteiger partial charge in [-0.05, 0) is 49.4 Å². The lowest BCUT2D eigenvalue weighted by atomic mass is 10.1. The summed E-state index contributed by atoms with van der Waals surface area (Å²) >= 11 is 0. The van der Waals surface area contributed by atoms with E-state index in [9.17, 15) is 4.79 Å². The van der Waals surface area contributed by atoms with Crippen LogP contribution in [0.3, 0.4) is 0 Å². The average Bonchev–Trinajstić information content (AvgIpc) is 2.70. The fourth-order valence-electron chi connectivity index (χ4n) is 2.29. The summed E-state index contributed by atoms with van der Waals surface area (Å²) in [7, 11) is 0. The molecule has 3 rings (SSSR count). The van der Waals surface area contributed by atoms with E-state index in [0.29, 0.717) is 41.7 Å². The number of nitrogens with one attached hydrogen (secondary N) is 1. The second-order valence-electron chi connectivity index (χ2n) is 5.52. The van der Waals surface area contributed by atoms with Crippen LogP contribution in [0.4, 0.5) is 0 Å². The van der Waals surface area contributed by atoms with Crippen LogP contribution in [0.2, 0.25) is 0 Å². The van der Waals surface area contributed by atoms with E-state index < -0.39 is 0 Å². The Morgan fingerprint density at radius 2 is 1.92 bits per heavy atom. The van der Waals surface area contributed by atoms with Gasteiger partial charge in [0.2, 0.25) is 0 Å². The highest BCUT2D eigenvalue weighted by Crippen LogP contribution is 2.30. The molecule has 7 nitrogen and oxygen atoms in total. The molecule has 7 heteroatoms. The molecule has 0 fully saturated rings. The second kappa shape index (κ2) is 8.03. The Morgan fingerprint density at radius 1 is 1.19 bits per heavy atom. The first-order chi connectivity index (χ1) is 12.7. The van der Waals surface area contributed by atoms with Crippen molar-refractivity contribution < 1.29 is 19.0 Å². The molecule has 1 amide bonds. The number of rotatable bonds is 5. The van der Waals surface area contributed by atoms with Crippen molar-refractivity contribution in [2.24, 2.45) is 5.10 Å². The second-order valence-corrected chi connectivity index (χ2v) is 5.52. The number of ether oxygens (including phenoxy) is 3. The van der Waals surface area contributed by atoms with Crippen LogP contribution >= 0.6 is 0 Å². The SMILES string of the molecule is C/C(=N/NC(=O)COc1ccc(C#N)cc1)c1ccc2c(c1)OCCO2. The Labute approximate surface area is 150 Å². The maximum atomic E-state index is 11.9. The van der Waals surface area contributed by atoms with Crippen molar-refractivity contribution in [3.63, 3.8) is 0 Å². The number of hydrogen-bond acceptors (Lipinski definition) is 6. The smallest absolute Gasteiger partial charge is 0.277 e. The van der Waals surface area contributed by atoms with Gasteiger partial charge in [0.15, 0.2) is 18.1 Å². The van der Waals surface area contributed by atoms with Crippen molar-refractivity contribution >= 4 is 11.6 Å². The van der Waals surface area contributed by atoms with Gasteiger partial charge in [0, 0.05) is 5.56 Å². The third-order valence-electron chi connectivity index (χ3n) is 3.66. The number of carbonyl (C=O) groups is 1. The molecule has 0 aromatic heterocycles. The number of fused-ring (bicyclic) bond motifs is 1. The fourth-order valence-corrected chi connectivity index (χ4v) is 2.29. The van der Waals surface area contributed by atoms with Crippen molar-refractivity contribution in [1.82, 2.24) is 5.43 Å². The normalized spacial score (nSPS) is 12.8. The molecule has 0 aliphatic carbocycles. The van der Waals surface area contributed by atoms with Crippen LogP contribution in [0.15, 0.2) is 47.6 Å². The van der Waals surface area contributed by atoms with Crippen LogP contribution in [0, 0.1) is 11.3 Å². The van der Waals surface area contributed by atoms with Gasteiger partial charge in [0.1, 0.15) is 19.0 Å². The first kappa shape index (κ1) is 17.3. The van der Waals surface area contributed by atoms with E-state index in [1.54, 1.807) is 31.2 Å². The third-order valence-corrected chi connectivity index (χ3v) is 3.66. The minimum Gasteiger partial charge on any atom is -0.486 e. The monoisotopic (exact) mass is 351 g/mol. The predicted molar refractivity (Wildman–Crippen MR) is 94.4 cm³/mol. The molecule has 26 heavy (non-hydrogen) atoms. The molecule has 1 aliphatic rings. The highest BCUT2D eigenvalue weighted by molar-refractivity contribution is 5.99. The van der Waals surface area contributed by atoms with Crippen molar-refractivity contribution in [2.75, 3.05) is 19.8 Å². The number of nitriles is 1. The lowest BCUT2D eigenvalue weighted by molar-refractivity contribution is -0.123. The zero-order chi connectivity index (χ0) is 18.4. The van der Waals surface area contributed by atoms with Crippen molar-refractivity contribution in [2.45, 2.75) is 6.92 Å². The maximum Gasteiger partial charge on any atom is 0.277 e. The number of hydrogen-bond donors (Lipinski definition) is 1. The summed E-state index contributed by atoms with van der Waals surface area (Å²) < 4.78 is 16.4. The summed E-state index contributed by atoms with van der Waals surface area (Å²) in [5, 5.41) is 12.8. The van der Waals surface area contributed by atoms with Gasteiger partial charge < -0.3 is 14.2 Å². The number of nitrogens with zero attached hydrogens (tertiary/aromatic N) is 2. The highest BCUT2D eigenvalue weighted by atomic mass is 16.6. The number of carbonyl (C=O) groups excluding carboxylic acids is 1. The molecule has 132 valence electrons. The molecule has 0 saturated heterocycles. The van der Waals surface area contributed by atoms with Crippen molar-refractivity contribution in [1.29, 1.82) is 5.26 Å². The lowest BCUT2D eigenvalue weighted by Gasteiger charge is -2.18. The van der Waals surface area contributed by atoms with E-state index >= 15 is 0 Å². The Morgan fingerprint density at radius 3 is 2.65 bits per heavy atom. The maximum absolute atomic E-state index is 11.9. The molecule has 0 unspecified atom stereocenters. The Kier molecular flexibility index (Phi) is 5.34. The van der Waals surface area contributed by atoms with Gasteiger partial charge in [0.05, 0.1) is 17.3 Å². The molecule has 1 N–H and O–H groups in total. The lowest BCUT2D eigenvalue weighted by Crippen LogP contribution is -2.25. The standard InChI is InChI=1S/C19H17N3O4/c1-13(15-4-7-17-18(10-15)25-9-8-24-17)21-22-19(23)12-26-16-5-2-14(11-20)3-6-16/h2-7,10H,8-9,12H2,1H3,(H,22,23)/b21-13-. The molecular formula is C19H17N3O4. The van der Waals surface area contributed by atoms with Gasteiger partial charge in [-0.3, -0.25) is 4.79 Å². The van der Waals surface area contributed by atoms with Crippen LogP contribution < -0.4 is 19.6 Å². The first-order valence-electron chi connectivity index (χ1n) is 8.02. The van der Waals surface area contributed by atoms with Crippen molar-refractivity contribution in [3.05, 3.63) is 53.6 Å². The predicted octanol–water partition coefficient (Wildman–Crippen LogP) is 2.25. The van der Waals surface area contributed by atoms with E-state index in [0.717, 1.165) is 5.56 Å². The largest absolute Gasteiger partial charge is 0.486 e. The molecule has 1 aliphatic heterocycles. The van der Waals surface area contributed by atoms with E-state index in [1.165, 1.54) is 0 Å². The third kappa shape index (κ3) is 4.30. The number of hydrazone groups is 1. The van der Waals surface area contributed by atoms with E-state index in [2.05, 4.69) is 10.5 Å². The quantitative estimate of drug-likeness (QED) is 0.659. The van der Waals surface area contributed by atoms with Crippen molar-refractivity contribution in [3.8, 4) is 23.3 Å². The minimum absolute atomic E-state index is 0.177. The number of benzene rings is 2. The molecule has 2 aromatic carbocycles. The molecule has 0 spiro atoms. The van der Waals surface area contributed by atoms with Crippen LogP contribution in [0.5, 0.6) is 17.2 Å². The summed E-state index contributed by atoms with van der Waals surface area (Å²) in [6.07, 6.45) is 0. The molecular weight excluding hydrogens is 334 g/mol. The average molecular weight is 351 g/mol. The van der Waals surface area contributed by atoms with Gasteiger partial charge in [-0.25, -0.2) is 5.43 Å². The summed E-state index contributed by atoms with van der Waals surface area (Å²) in [6.45, 7) is 2.65. The Hall–Kier alpha value is -3.53. The molecule has 0 atom stereocenters. The zero-order valence-corrected chi connectivity index (χ0v) is 14.2. The van der Waals surface area contributed by atoms with E-state index in [4.69, 9.17) is 19.5 Å². The molecule has 0 radical (unpaired) electrons. The summed E-state index contributed by atoms with van der Waals surface area (Å²) in [6, 6.07) is 14.0. The topological polar surface area (TPSA) is 92.9 Å². The minimum atomic E-state index is -0.383. The molecule has 0 saturated carbocycles. The molecule has 2 aromatic rings. The zero-order valence-electron chi connectivity index (χ0n) is 14.2. The van der Waals surface area contributed by atoms with Gasteiger partial charge >= 0.3 is 0 Å². The van der Waals surface area contributed by atoms with Gasteiger partial charge in [-0.1, -0.05) is 0 Å². The summed E-state index contributed by atoms with van der Waals surface area (Å²) in [5.41, 5.74) is 4.44. The van der Waals surface area contributed by atoms with Gasteiger partial charge in [-0.2, -0.15) is 10.4 Å². The van der Waals surface area contributed by atoms with Crippen LogP contribution in [-0.4, -0.2) is 31.4 Å². The van der Waals surface area contributed by atoms with E-state index in [1.807, 2.05) is 24.3 Å².